The van der Waals surface area contributed by atoms with Gasteiger partial charge in [0.15, 0.2) is 0 Å². The zero-order chi connectivity index (χ0) is 16.4. The van der Waals surface area contributed by atoms with E-state index in [9.17, 15) is 9.18 Å². The molecule has 3 rings (SSSR count). The predicted octanol–water partition coefficient (Wildman–Crippen LogP) is 3.24. The topological polar surface area (TPSA) is 67.0 Å². The maximum Gasteiger partial charge on any atom is 0.260 e. The molecule has 0 bridgehead atoms. The Morgan fingerprint density at radius 1 is 1.22 bits per heavy atom. The number of nitrogens with one attached hydrogen (secondary N) is 2. The highest BCUT2D eigenvalue weighted by molar-refractivity contribution is 5.78. The van der Waals surface area contributed by atoms with Crippen LogP contribution in [0.15, 0.2) is 47.3 Å². The lowest BCUT2D eigenvalue weighted by molar-refractivity contribution is 0.402. The lowest BCUT2D eigenvalue weighted by Crippen LogP contribution is -2.16. The number of nitrogens with zero attached hydrogens (tertiary/aromatic N) is 1. The van der Waals surface area contributed by atoms with Gasteiger partial charge in [0, 0.05) is 0 Å². The first-order valence-electron chi connectivity index (χ1n) is 7.18. The van der Waals surface area contributed by atoms with Crippen molar-refractivity contribution in [2.75, 3.05) is 12.4 Å². The molecule has 0 unspecified atom stereocenters. The molecule has 0 radical (unpaired) electrons. The Labute approximate surface area is 132 Å². The molecule has 1 heterocycles. The molecule has 0 aliphatic rings. The zero-order valence-electron chi connectivity index (χ0n) is 12.8. The molecule has 1 atom stereocenters. The summed E-state index contributed by atoms with van der Waals surface area (Å²) >= 11 is 0. The van der Waals surface area contributed by atoms with Crippen LogP contribution in [0.5, 0.6) is 5.75 Å². The Balaban J connectivity index is 1.98. The normalized spacial score (nSPS) is 12.1. The summed E-state index contributed by atoms with van der Waals surface area (Å²) in [4.78, 5) is 19.1. The highest BCUT2D eigenvalue weighted by Crippen LogP contribution is 2.29. The van der Waals surface area contributed by atoms with Crippen LogP contribution in [0, 0.1) is 5.82 Å². The van der Waals surface area contributed by atoms with Crippen LogP contribution in [0.2, 0.25) is 0 Å². The van der Waals surface area contributed by atoms with Crippen LogP contribution in [0.1, 0.15) is 18.5 Å². The van der Waals surface area contributed by atoms with Gasteiger partial charge in [-0.2, -0.15) is 0 Å². The van der Waals surface area contributed by atoms with E-state index in [1.54, 1.807) is 37.3 Å². The number of ether oxygens (including phenoxy) is 1. The van der Waals surface area contributed by atoms with Crippen LogP contribution in [-0.2, 0) is 0 Å². The van der Waals surface area contributed by atoms with Gasteiger partial charge < -0.3 is 10.1 Å². The Hall–Kier alpha value is -2.89. The number of benzene rings is 2. The minimum Gasteiger partial charge on any atom is -0.496 e. The standard InChI is InChI=1S/C17H16FN3O2/c1-10(15-12(18)7-5-9-14(15)23-2)19-17-20-13-8-4-3-6-11(13)16(22)21-17/h3-10H,1-2H3,(H2,19,20,21,22)/t10-/m0/s1. The van der Waals surface area contributed by atoms with Gasteiger partial charge in [-0.3, -0.25) is 9.78 Å². The van der Waals surface area contributed by atoms with Crippen molar-refractivity contribution in [2.45, 2.75) is 13.0 Å². The van der Waals surface area contributed by atoms with Crippen LogP contribution in [-0.4, -0.2) is 17.1 Å². The molecule has 118 valence electrons. The number of rotatable bonds is 4. The van der Waals surface area contributed by atoms with E-state index in [0.29, 0.717) is 22.2 Å². The Kier molecular flexibility index (Phi) is 3.97. The third-order valence-electron chi connectivity index (χ3n) is 3.63. The van der Waals surface area contributed by atoms with E-state index in [2.05, 4.69) is 15.3 Å². The highest BCUT2D eigenvalue weighted by Gasteiger charge is 2.17. The van der Waals surface area contributed by atoms with Crippen molar-refractivity contribution in [1.82, 2.24) is 9.97 Å². The first kappa shape index (κ1) is 15.0. The largest absolute Gasteiger partial charge is 0.496 e. The summed E-state index contributed by atoms with van der Waals surface area (Å²) in [7, 11) is 1.49. The van der Waals surface area contributed by atoms with Gasteiger partial charge in [-0.1, -0.05) is 18.2 Å². The van der Waals surface area contributed by atoms with Gasteiger partial charge in [-0.05, 0) is 31.2 Å². The maximum atomic E-state index is 14.1. The summed E-state index contributed by atoms with van der Waals surface area (Å²) in [5.41, 5.74) is 0.711. The predicted molar refractivity (Wildman–Crippen MR) is 87.4 cm³/mol. The molecule has 0 aliphatic heterocycles. The SMILES string of the molecule is COc1cccc(F)c1[C@H](C)Nc1nc2ccccc2c(=O)[nH]1. The van der Waals surface area contributed by atoms with Crippen LogP contribution in [0.3, 0.4) is 0 Å². The fourth-order valence-electron chi connectivity index (χ4n) is 2.55. The van der Waals surface area contributed by atoms with E-state index < -0.39 is 6.04 Å². The number of anilines is 1. The number of aromatic nitrogens is 2. The van der Waals surface area contributed by atoms with Crippen LogP contribution < -0.4 is 15.6 Å². The molecule has 2 aromatic carbocycles. The highest BCUT2D eigenvalue weighted by atomic mass is 19.1. The van der Waals surface area contributed by atoms with Gasteiger partial charge >= 0.3 is 0 Å². The summed E-state index contributed by atoms with van der Waals surface area (Å²) in [5, 5.41) is 3.53. The maximum absolute atomic E-state index is 14.1. The molecule has 1 aromatic heterocycles. The fraction of sp³-hybridized carbons (Fsp3) is 0.176. The Morgan fingerprint density at radius 2 is 2.00 bits per heavy atom. The van der Waals surface area contributed by atoms with E-state index in [-0.39, 0.29) is 17.3 Å². The number of fused-ring (bicyclic) bond motifs is 1. The van der Waals surface area contributed by atoms with Gasteiger partial charge in [0.2, 0.25) is 5.95 Å². The second-order valence-corrected chi connectivity index (χ2v) is 5.15. The number of para-hydroxylation sites is 1. The molecular weight excluding hydrogens is 297 g/mol. The number of methoxy groups -OCH3 is 1. The van der Waals surface area contributed by atoms with Gasteiger partial charge in [-0.25, -0.2) is 9.37 Å². The lowest BCUT2D eigenvalue weighted by atomic mass is 10.1. The van der Waals surface area contributed by atoms with Gasteiger partial charge in [0.05, 0.1) is 29.6 Å². The first-order valence-corrected chi connectivity index (χ1v) is 7.18. The molecule has 23 heavy (non-hydrogen) atoms. The van der Waals surface area contributed by atoms with E-state index in [0.717, 1.165) is 0 Å². The summed E-state index contributed by atoms with van der Waals surface area (Å²) in [6, 6.07) is 11.2. The molecule has 6 heteroatoms. The van der Waals surface area contributed by atoms with Gasteiger partial charge in [0.1, 0.15) is 11.6 Å². The van der Waals surface area contributed by atoms with Crippen LogP contribution >= 0.6 is 0 Å². The van der Waals surface area contributed by atoms with Crippen LogP contribution in [0.25, 0.3) is 10.9 Å². The molecule has 0 spiro atoms. The number of hydrogen-bond donors (Lipinski definition) is 2. The quantitative estimate of drug-likeness (QED) is 0.776. The van der Waals surface area contributed by atoms with Crippen molar-refractivity contribution >= 4 is 16.9 Å². The average molecular weight is 313 g/mol. The van der Waals surface area contributed by atoms with Crippen molar-refractivity contribution in [3.05, 3.63) is 64.2 Å². The van der Waals surface area contributed by atoms with E-state index in [1.807, 2.05) is 6.07 Å². The van der Waals surface area contributed by atoms with Crippen molar-refractivity contribution in [2.24, 2.45) is 0 Å². The van der Waals surface area contributed by atoms with Crippen molar-refractivity contribution in [1.29, 1.82) is 0 Å². The first-order chi connectivity index (χ1) is 11.1. The van der Waals surface area contributed by atoms with Crippen molar-refractivity contribution < 1.29 is 9.13 Å². The molecule has 0 saturated heterocycles. The smallest absolute Gasteiger partial charge is 0.260 e. The number of hydrogen-bond acceptors (Lipinski definition) is 4. The summed E-state index contributed by atoms with van der Waals surface area (Å²) in [6.07, 6.45) is 0. The fourth-order valence-corrected chi connectivity index (χ4v) is 2.55. The van der Waals surface area contributed by atoms with E-state index >= 15 is 0 Å². The third kappa shape index (κ3) is 2.88. The average Bonchev–Trinajstić information content (AvgIpc) is 2.54. The molecule has 2 N–H and O–H groups in total. The van der Waals surface area contributed by atoms with Crippen molar-refractivity contribution in [3.63, 3.8) is 0 Å². The monoisotopic (exact) mass is 313 g/mol. The number of aromatic amines is 1. The van der Waals surface area contributed by atoms with Crippen molar-refractivity contribution in [3.8, 4) is 5.75 Å². The van der Waals surface area contributed by atoms with Gasteiger partial charge in [-0.15, -0.1) is 0 Å². The molecule has 0 amide bonds. The second-order valence-electron chi connectivity index (χ2n) is 5.15. The minimum atomic E-state index is -0.435. The molecule has 3 aromatic rings. The van der Waals surface area contributed by atoms with E-state index in [1.165, 1.54) is 13.2 Å². The summed E-state index contributed by atoms with van der Waals surface area (Å²) < 4.78 is 19.3. The second kappa shape index (κ2) is 6.08. The number of H-pyrrole nitrogens is 1. The zero-order valence-corrected chi connectivity index (χ0v) is 12.8. The molecule has 5 nitrogen and oxygen atoms in total. The van der Waals surface area contributed by atoms with Crippen LogP contribution in [0.4, 0.5) is 10.3 Å². The number of halogens is 1. The Morgan fingerprint density at radius 3 is 2.78 bits per heavy atom. The Bertz CT molecular complexity index is 908. The molecule has 0 saturated carbocycles. The van der Waals surface area contributed by atoms with E-state index in [4.69, 9.17) is 4.74 Å². The minimum absolute atomic E-state index is 0.245. The third-order valence-corrected chi connectivity index (χ3v) is 3.63. The summed E-state index contributed by atoms with van der Waals surface area (Å²) in [6.45, 7) is 1.77. The molecule has 0 aliphatic carbocycles. The molecular formula is C17H16FN3O2. The molecule has 0 fully saturated rings. The lowest BCUT2D eigenvalue weighted by Gasteiger charge is -2.18. The van der Waals surface area contributed by atoms with Gasteiger partial charge in [0.25, 0.3) is 5.56 Å². The summed E-state index contributed by atoms with van der Waals surface area (Å²) in [5.74, 6) is 0.340.